The van der Waals surface area contributed by atoms with Crippen LogP contribution in [0.2, 0.25) is 5.02 Å². The Morgan fingerprint density at radius 1 is 0.795 bits per heavy atom. The second kappa shape index (κ2) is 12.6. The summed E-state index contributed by atoms with van der Waals surface area (Å²) in [4.78, 5) is 43.3. The fourth-order valence-electron chi connectivity index (χ4n) is 5.23. The van der Waals surface area contributed by atoms with E-state index in [4.69, 9.17) is 11.6 Å². The fourth-order valence-corrected chi connectivity index (χ4v) is 5.42. The van der Waals surface area contributed by atoms with Gasteiger partial charge in [-0.15, -0.1) is 0 Å². The Balaban J connectivity index is 1.11. The molecule has 44 heavy (non-hydrogen) atoms. The first-order valence-corrected chi connectivity index (χ1v) is 14.6. The number of likely N-dealkylation sites (N-methyl/N-ethyl adjacent to an activating group) is 1. The standard InChI is InChI=1S/C34H31ClN6O3/c1-40-14-16-41(17-15-40)28-11-9-25(10-12-28)36-21-30-29-13-8-23(19-31(29)39-33(30)43)32(42)22-4-2-6-26(18-22)37-34(44)38-27-7-3-5-24(35)20-27/h2-13,18-21,36H,14-17H2,1H3,(H,39,43)(H2,37,38,44). The summed E-state index contributed by atoms with van der Waals surface area (Å²) in [6.07, 6.45) is 1.69. The predicted octanol–water partition coefficient (Wildman–Crippen LogP) is 6.37. The number of anilines is 5. The third kappa shape index (κ3) is 6.59. The lowest BCUT2D eigenvalue weighted by molar-refractivity contribution is -0.110. The molecule has 2 aliphatic rings. The number of piperazine rings is 1. The Morgan fingerprint density at radius 3 is 2.20 bits per heavy atom. The number of hydrogen-bond acceptors (Lipinski definition) is 6. The van der Waals surface area contributed by atoms with Crippen molar-refractivity contribution in [3.63, 3.8) is 0 Å². The molecule has 9 nitrogen and oxygen atoms in total. The Labute approximate surface area is 260 Å². The van der Waals surface area contributed by atoms with Gasteiger partial charge < -0.3 is 31.1 Å². The van der Waals surface area contributed by atoms with E-state index < -0.39 is 6.03 Å². The number of ketones is 1. The second-order valence-electron chi connectivity index (χ2n) is 10.8. The largest absolute Gasteiger partial charge is 0.369 e. The van der Waals surface area contributed by atoms with E-state index in [1.165, 1.54) is 5.69 Å². The molecule has 2 heterocycles. The molecule has 4 aromatic rings. The second-order valence-corrected chi connectivity index (χ2v) is 11.2. The van der Waals surface area contributed by atoms with Crippen molar-refractivity contribution in [1.29, 1.82) is 0 Å². The third-order valence-corrected chi connectivity index (χ3v) is 7.88. The van der Waals surface area contributed by atoms with Crippen molar-refractivity contribution in [2.24, 2.45) is 0 Å². The molecule has 10 heteroatoms. The van der Waals surface area contributed by atoms with Crippen LogP contribution in [-0.2, 0) is 4.79 Å². The fraction of sp³-hybridized carbons (Fsp3) is 0.147. The van der Waals surface area contributed by atoms with Crippen molar-refractivity contribution >= 4 is 63.3 Å². The van der Waals surface area contributed by atoms with Crippen molar-refractivity contribution in [1.82, 2.24) is 4.90 Å². The average molecular weight is 607 g/mol. The van der Waals surface area contributed by atoms with Gasteiger partial charge in [0.05, 0.1) is 5.57 Å². The number of urea groups is 1. The molecule has 0 atom stereocenters. The minimum absolute atomic E-state index is 0.239. The van der Waals surface area contributed by atoms with Crippen LogP contribution in [-0.4, -0.2) is 55.8 Å². The number of benzene rings is 4. The van der Waals surface area contributed by atoms with Crippen molar-refractivity contribution in [3.05, 3.63) is 119 Å². The van der Waals surface area contributed by atoms with Crippen molar-refractivity contribution in [2.45, 2.75) is 0 Å². The smallest absolute Gasteiger partial charge is 0.323 e. The summed E-state index contributed by atoms with van der Waals surface area (Å²) in [7, 11) is 2.14. The van der Waals surface area contributed by atoms with E-state index >= 15 is 0 Å². The first kappa shape index (κ1) is 29.0. The van der Waals surface area contributed by atoms with E-state index in [1.807, 2.05) is 12.1 Å². The molecular formula is C34H31ClN6O3. The van der Waals surface area contributed by atoms with Gasteiger partial charge in [-0.1, -0.05) is 41.9 Å². The van der Waals surface area contributed by atoms with Crippen LogP contribution < -0.4 is 26.2 Å². The maximum Gasteiger partial charge on any atom is 0.323 e. The molecule has 0 radical (unpaired) electrons. The molecule has 0 aliphatic carbocycles. The van der Waals surface area contributed by atoms with E-state index in [0.717, 1.165) is 31.9 Å². The van der Waals surface area contributed by atoms with E-state index in [0.29, 0.717) is 44.3 Å². The SMILES string of the molecule is CN1CCN(c2ccc(NC=C3C(=O)Nc4cc(C(=O)c5cccc(NC(=O)Nc6cccc(Cl)c6)c5)ccc43)cc2)CC1. The lowest BCUT2D eigenvalue weighted by Crippen LogP contribution is -2.44. The summed E-state index contributed by atoms with van der Waals surface area (Å²) in [5.41, 5.74) is 5.63. The summed E-state index contributed by atoms with van der Waals surface area (Å²) in [6.45, 7) is 4.09. The Kier molecular flexibility index (Phi) is 8.31. The summed E-state index contributed by atoms with van der Waals surface area (Å²) in [6, 6.07) is 26.3. The average Bonchev–Trinajstić information content (AvgIpc) is 3.34. The molecule has 4 N–H and O–H groups in total. The molecule has 0 unspecified atom stereocenters. The first-order valence-electron chi connectivity index (χ1n) is 14.3. The number of rotatable bonds is 7. The highest BCUT2D eigenvalue weighted by molar-refractivity contribution is 6.32. The summed E-state index contributed by atoms with van der Waals surface area (Å²) < 4.78 is 0. The minimum Gasteiger partial charge on any atom is -0.369 e. The van der Waals surface area contributed by atoms with Crippen LogP contribution in [0.25, 0.3) is 5.57 Å². The van der Waals surface area contributed by atoms with E-state index in [-0.39, 0.29) is 11.7 Å². The first-order chi connectivity index (χ1) is 21.3. The van der Waals surface area contributed by atoms with Crippen molar-refractivity contribution in [2.75, 3.05) is 59.4 Å². The molecule has 3 amide bonds. The normalized spacial score (nSPS) is 15.5. The zero-order chi connectivity index (χ0) is 30.6. The zero-order valence-corrected chi connectivity index (χ0v) is 24.8. The van der Waals surface area contributed by atoms with Gasteiger partial charge in [-0.3, -0.25) is 9.59 Å². The molecule has 222 valence electrons. The van der Waals surface area contributed by atoms with E-state index in [1.54, 1.807) is 72.9 Å². The van der Waals surface area contributed by atoms with Crippen LogP contribution in [0.15, 0.2) is 97.2 Å². The number of nitrogens with one attached hydrogen (secondary N) is 4. The Hall–Kier alpha value is -5.12. The Morgan fingerprint density at radius 2 is 1.48 bits per heavy atom. The number of carbonyl (C=O) groups is 3. The molecule has 2 aliphatic heterocycles. The van der Waals surface area contributed by atoms with Crippen LogP contribution in [0.3, 0.4) is 0 Å². The number of fused-ring (bicyclic) bond motifs is 1. The molecule has 0 bridgehead atoms. The summed E-state index contributed by atoms with van der Waals surface area (Å²) in [5, 5.41) is 12.1. The van der Waals surface area contributed by atoms with E-state index in [2.05, 4.69) is 50.2 Å². The molecular weight excluding hydrogens is 576 g/mol. The monoisotopic (exact) mass is 606 g/mol. The van der Waals surface area contributed by atoms with Crippen LogP contribution >= 0.6 is 11.6 Å². The highest BCUT2D eigenvalue weighted by Crippen LogP contribution is 2.33. The lowest BCUT2D eigenvalue weighted by atomic mass is 9.99. The quantitative estimate of drug-likeness (QED) is 0.144. The minimum atomic E-state index is -0.462. The predicted molar refractivity (Wildman–Crippen MR) is 177 cm³/mol. The van der Waals surface area contributed by atoms with Gasteiger partial charge in [0.2, 0.25) is 0 Å². The van der Waals surface area contributed by atoms with Crippen LogP contribution in [0, 0.1) is 0 Å². The third-order valence-electron chi connectivity index (χ3n) is 7.65. The maximum absolute atomic E-state index is 13.4. The van der Waals surface area contributed by atoms with Crippen LogP contribution in [0.5, 0.6) is 0 Å². The molecule has 1 saturated heterocycles. The topological polar surface area (TPSA) is 106 Å². The molecule has 1 fully saturated rings. The van der Waals surface area contributed by atoms with Gasteiger partial charge in [0.15, 0.2) is 5.78 Å². The van der Waals surface area contributed by atoms with Crippen molar-refractivity contribution in [3.8, 4) is 0 Å². The zero-order valence-electron chi connectivity index (χ0n) is 24.1. The summed E-state index contributed by atoms with van der Waals surface area (Å²) >= 11 is 5.98. The van der Waals surface area contributed by atoms with Crippen LogP contribution in [0.4, 0.5) is 33.2 Å². The molecule has 4 aromatic carbocycles. The summed E-state index contributed by atoms with van der Waals surface area (Å²) in [5.74, 6) is -0.486. The number of nitrogens with zero attached hydrogens (tertiary/aromatic N) is 2. The maximum atomic E-state index is 13.4. The Bertz CT molecular complexity index is 1760. The van der Waals surface area contributed by atoms with Gasteiger partial charge >= 0.3 is 6.03 Å². The van der Waals surface area contributed by atoms with Gasteiger partial charge in [-0.2, -0.15) is 0 Å². The van der Waals surface area contributed by atoms with Gasteiger partial charge in [-0.25, -0.2) is 4.79 Å². The molecule has 0 saturated carbocycles. The number of carbonyl (C=O) groups excluding carboxylic acids is 3. The lowest BCUT2D eigenvalue weighted by Gasteiger charge is -2.34. The van der Waals surface area contributed by atoms with Gasteiger partial charge in [0, 0.05) is 82.5 Å². The highest BCUT2D eigenvalue weighted by Gasteiger charge is 2.25. The molecule has 6 rings (SSSR count). The number of amides is 3. The van der Waals surface area contributed by atoms with E-state index in [9.17, 15) is 14.4 Å². The highest BCUT2D eigenvalue weighted by atomic mass is 35.5. The van der Waals surface area contributed by atoms with Gasteiger partial charge in [0.25, 0.3) is 5.91 Å². The number of hydrogen-bond donors (Lipinski definition) is 4. The molecule has 0 spiro atoms. The molecule has 0 aromatic heterocycles. The van der Waals surface area contributed by atoms with Crippen molar-refractivity contribution < 1.29 is 14.4 Å². The van der Waals surface area contributed by atoms with Gasteiger partial charge in [0.1, 0.15) is 0 Å². The van der Waals surface area contributed by atoms with Crippen LogP contribution in [0.1, 0.15) is 21.5 Å². The number of halogens is 1. The van der Waals surface area contributed by atoms with Gasteiger partial charge in [-0.05, 0) is 67.7 Å².